The highest BCUT2D eigenvalue weighted by Crippen LogP contribution is 2.24. The maximum Gasteiger partial charge on any atom is 0.255 e. The van der Waals surface area contributed by atoms with Gasteiger partial charge in [0.1, 0.15) is 18.1 Å². The topological polar surface area (TPSA) is 88.8 Å². The molecule has 2 aromatic heterocycles. The van der Waals surface area contributed by atoms with E-state index in [0.29, 0.717) is 22.1 Å². The number of ether oxygens (including phenoxy) is 1. The van der Waals surface area contributed by atoms with Gasteiger partial charge in [-0.05, 0) is 41.8 Å². The molecule has 0 unspecified atom stereocenters. The molecule has 34 heavy (non-hydrogen) atoms. The van der Waals surface area contributed by atoms with Crippen LogP contribution in [-0.2, 0) is 11.3 Å². The molecule has 0 radical (unpaired) electrons. The fraction of sp³-hybridized carbons (Fsp3) is 0.115. The van der Waals surface area contributed by atoms with Gasteiger partial charge in [0, 0.05) is 5.56 Å². The van der Waals surface area contributed by atoms with Gasteiger partial charge in [0.05, 0.1) is 36.0 Å². The fourth-order valence-corrected chi connectivity index (χ4v) is 4.16. The first-order chi connectivity index (χ1) is 16.6. The molecule has 172 valence electrons. The third-order valence-corrected chi connectivity index (χ3v) is 5.95. The van der Waals surface area contributed by atoms with E-state index in [2.05, 4.69) is 5.32 Å². The van der Waals surface area contributed by atoms with Crippen molar-refractivity contribution in [3.63, 3.8) is 0 Å². The zero-order valence-electron chi connectivity index (χ0n) is 18.4. The summed E-state index contributed by atoms with van der Waals surface area (Å²) in [6, 6.07) is 20.6. The summed E-state index contributed by atoms with van der Waals surface area (Å²) in [4.78, 5) is 41.4. The summed E-state index contributed by atoms with van der Waals surface area (Å²) < 4.78 is 10.7. The summed E-state index contributed by atoms with van der Waals surface area (Å²) in [5, 5.41) is 4.59. The minimum atomic E-state index is -0.452. The van der Waals surface area contributed by atoms with Crippen molar-refractivity contribution >= 4 is 34.6 Å². The maximum absolute atomic E-state index is 13.6. The molecule has 2 aromatic carbocycles. The van der Waals surface area contributed by atoms with Gasteiger partial charge in [-0.25, -0.2) is 0 Å². The van der Waals surface area contributed by atoms with Gasteiger partial charge in [-0.1, -0.05) is 36.4 Å². The molecule has 0 spiro atoms. The van der Waals surface area contributed by atoms with Crippen molar-refractivity contribution < 1.29 is 23.5 Å². The molecule has 0 saturated carbocycles. The number of amides is 2. The number of nitrogens with zero attached hydrogens (tertiary/aromatic N) is 1. The Bertz CT molecular complexity index is 1280. The molecule has 7 nitrogen and oxygen atoms in total. The van der Waals surface area contributed by atoms with E-state index in [-0.39, 0.29) is 30.0 Å². The van der Waals surface area contributed by atoms with Gasteiger partial charge in [0.25, 0.3) is 5.91 Å². The van der Waals surface area contributed by atoms with Crippen LogP contribution in [-0.4, -0.2) is 36.2 Å². The van der Waals surface area contributed by atoms with Crippen LogP contribution in [0.25, 0.3) is 0 Å². The molecule has 0 aliphatic heterocycles. The molecule has 2 amide bonds. The first kappa shape index (κ1) is 23.0. The van der Waals surface area contributed by atoms with E-state index in [1.165, 1.54) is 29.6 Å². The first-order valence-electron chi connectivity index (χ1n) is 10.5. The van der Waals surface area contributed by atoms with Gasteiger partial charge >= 0.3 is 0 Å². The molecule has 0 aliphatic rings. The Morgan fingerprint density at radius 2 is 1.71 bits per heavy atom. The van der Waals surface area contributed by atoms with E-state index in [4.69, 9.17) is 9.15 Å². The predicted octanol–water partition coefficient (Wildman–Crippen LogP) is 4.86. The number of anilines is 1. The highest BCUT2D eigenvalue weighted by molar-refractivity contribution is 7.12. The van der Waals surface area contributed by atoms with Crippen molar-refractivity contribution in [2.24, 2.45) is 0 Å². The second kappa shape index (κ2) is 10.6. The molecule has 4 aromatic rings. The van der Waals surface area contributed by atoms with Crippen LogP contribution in [0.3, 0.4) is 0 Å². The smallest absolute Gasteiger partial charge is 0.255 e. The van der Waals surface area contributed by atoms with E-state index in [0.717, 1.165) is 0 Å². The lowest BCUT2D eigenvalue weighted by Gasteiger charge is -2.22. The summed E-state index contributed by atoms with van der Waals surface area (Å²) in [5.41, 5.74) is 0.996. The molecular formula is C26H22N2O5S. The van der Waals surface area contributed by atoms with Gasteiger partial charge in [-0.3, -0.25) is 14.4 Å². The van der Waals surface area contributed by atoms with Crippen molar-refractivity contribution in [1.29, 1.82) is 0 Å². The highest BCUT2D eigenvalue weighted by atomic mass is 32.1. The third kappa shape index (κ3) is 5.24. The molecule has 0 fully saturated rings. The number of carbonyl (C=O) groups is 3. The minimum absolute atomic E-state index is 0.0622. The Labute approximate surface area is 200 Å². The normalized spacial score (nSPS) is 10.5. The Kier molecular flexibility index (Phi) is 7.19. The molecule has 8 heteroatoms. The molecule has 0 aliphatic carbocycles. The molecule has 0 atom stereocenters. The van der Waals surface area contributed by atoms with Crippen LogP contribution in [0.5, 0.6) is 5.75 Å². The minimum Gasteiger partial charge on any atom is -0.495 e. The Hall–Kier alpha value is -4.17. The summed E-state index contributed by atoms with van der Waals surface area (Å²) in [6.45, 7) is -0.189. The summed E-state index contributed by atoms with van der Waals surface area (Å²) in [6.07, 6.45) is 1.50. The first-order valence-corrected chi connectivity index (χ1v) is 11.4. The number of thiophene rings is 1. The van der Waals surface area contributed by atoms with Crippen LogP contribution < -0.4 is 10.1 Å². The largest absolute Gasteiger partial charge is 0.495 e. The lowest BCUT2D eigenvalue weighted by Crippen LogP contribution is -2.38. The van der Waals surface area contributed by atoms with Crippen molar-refractivity contribution in [3.8, 4) is 5.75 Å². The van der Waals surface area contributed by atoms with Gasteiger partial charge in [-0.2, -0.15) is 0 Å². The average molecular weight is 475 g/mol. The molecular weight excluding hydrogens is 452 g/mol. The number of para-hydroxylation sites is 2. The standard InChI is InChI=1S/C26H22N2O5S/c1-32-22-12-5-4-11-21(22)27-24(29)17-28(16-18-8-6-14-33-18)26(31)20-10-3-2-9-19(20)25(30)23-13-7-15-34-23/h2-15H,16-17H2,1H3,(H,27,29). The lowest BCUT2D eigenvalue weighted by molar-refractivity contribution is -0.117. The van der Waals surface area contributed by atoms with Crippen molar-refractivity contribution in [3.05, 3.63) is 106 Å². The van der Waals surface area contributed by atoms with Crippen LogP contribution in [0.2, 0.25) is 0 Å². The van der Waals surface area contributed by atoms with Gasteiger partial charge in [-0.15, -0.1) is 11.3 Å². The zero-order chi connectivity index (χ0) is 23.9. The zero-order valence-corrected chi connectivity index (χ0v) is 19.2. The molecule has 1 N–H and O–H groups in total. The van der Waals surface area contributed by atoms with Crippen molar-refractivity contribution in [1.82, 2.24) is 4.90 Å². The summed E-state index contributed by atoms with van der Waals surface area (Å²) in [5.74, 6) is -0.0823. The SMILES string of the molecule is COc1ccccc1NC(=O)CN(Cc1ccco1)C(=O)c1ccccc1C(=O)c1cccs1. The third-order valence-electron chi connectivity index (χ3n) is 5.08. The molecule has 2 heterocycles. The Balaban J connectivity index is 1.61. The van der Waals surface area contributed by atoms with Crippen LogP contribution in [0.15, 0.2) is 88.9 Å². The van der Waals surface area contributed by atoms with Crippen LogP contribution in [0.1, 0.15) is 31.4 Å². The van der Waals surface area contributed by atoms with Crippen LogP contribution >= 0.6 is 11.3 Å². The number of ketones is 1. The van der Waals surface area contributed by atoms with Crippen molar-refractivity contribution in [2.45, 2.75) is 6.54 Å². The number of carbonyl (C=O) groups excluding carboxylic acids is 3. The quantitative estimate of drug-likeness (QED) is 0.350. The number of rotatable bonds is 9. The summed E-state index contributed by atoms with van der Waals surface area (Å²) in [7, 11) is 1.51. The number of nitrogens with one attached hydrogen (secondary N) is 1. The van der Waals surface area contributed by atoms with Crippen LogP contribution in [0, 0.1) is 0 Å². The van der Waals surface area contributed by atoms with E-state index in [1.54, 1.807) is 72.8 Å². The number of benzene rings is 2. The highest BCUT2D eigenvalue weighted by Gasteiger charge is 2.25. The van der Waals surface area contributed by atoms with E-state index < -0.39 is 11.8 Å². The monoisotopic (exact) mass is 474 g/mol. The van der Waals surface area contributed by atoms with Crippen molar-refractivity contribution in [2.75, 3.05) is 19.0 Å². The average Bonchev–Trinajstić information content (AvgIpc) is 3.58. The lowest BCUT2D eigenvalue weighted by atomic mass is 10.0. The van der Waals surface area contributed by atoms with Crippen LogP contribution in [0.4, 0.5) is 5.69 Å². The number of methoxy groups -OCH3 is 1. The summed E-state index contributed by atoms with van der Waals surface area (Å²) >= 11 is 1.31. The van der Waals surface area contributed by atoms with E-state index in [9.17, 15) is 14.4 Å². The fourth-order valence-electron chi connectivity index (χ4n) is 3.48. The van der Waals surface area contributed by atoms with Gasteiger partial charge in [0.15, 0.2) is 0 Å². The van der Waals surface area contributed by atoms with E-state index >= 15 is 0 Å². The van der Waals surface area contributed by atoms with E-state index in [1.807, 2.05) is 5.38 Å². The number of furan rings is 1. The Morgan fingerprint density at radius 3 is 2.41 bits per heavy atom. The molecule has 0 saturated heterocycles. The van der Waals surface area contributed by atoms with Gasteiger partial charge < -0.3 is 19.4 Å². The molecule has 0 bridgehead atoms. The number of hydrogen-bond acceptors (Lipinski definition) is 6. The maximum atomic E-state index is 13.6. The van der Waals surface area contributed by atoms with Gasteiger partial charge in [0.2, 0.25) is 11.7 Å². The number of hydrogen-bond donors (Lipinski definition) is 1. The second-order valence-electron chi connectivity index (χ2n) is 7.34. The Morgan fingerprint density at radius 1 is 0.941 bits per heavy atom. The second-order valence-corrected chi connectivity index (χ2v) is 8.29. The molecule has 4 rings (SSSR count). The predicted molar refractivity (Wildman–Crippen MR) is 129 cm³/mol.